The lowest BCUT2D eigenvalue weighted by Crippen LogP contribution is -2.43. The van der Waals surface area contributed by atoms with Crippen LogP contribution in [-0.2, 0) is 13.2 Å². The van der Waals surface area contributed by atoms with Crippen LogP contribution in [0.3, 0.4) is 0 Å². The molecule has 2 aromatic carbocycles. The lowest BCUT2D eigenvalue weighted by atomic mass is 9.93. The number of fused-ring (bicyclic) bond motifs is 2. The highest BCUT2D eigenvalue weighted by atomic mass is 19.4. The molecule has 4 aromatic heterocycles. The predicted molar refractivity (Wildman–Crippen MR) is 208 cm³/mol. The molecule has 0 saturated heterocycles. The van der Waals surface area contributed by atoms with Gasteiger partial charge in [0.25, 0.3) is 0 Å². The van der Waals surface area contributed by atoms with E-state index < -0.39 is 28.6 Å². The van der Waals surface area contributed by atoms with Crippen molar-refractivity contribution in [2.24, 2.45) is 30.4 Å². The Kier molecular flexibility index (Phi) is 12.2. The highest BCUT2D eigenvalue weighted by Crippen LogP contribution is 2.40. The van der Waals surface area contributed by atoms with Crippen molar-refractivity contribution >= 4 is 22.2 Å². The van der Waals surface area contributed by atoms with Gasteiger partial charge < -0.3 is 25.9 Å². The Morgan fingerprint density at radius 1 is 0.800 bits per heavy atom. The van der Waals surface area contributed by atoms with Crippen LogP contribution in [0.15, 0.2) is 67.1 Å². The number of benzene rings is 2. The van der Waals surface area contributed by atoms with Crippen molar-refractivity contribution in [3.05, 3.63) is 84.3 Å². The molecule has 1 unspecified atom stereocenters. The molecule has 0 aliphatic rings. The first-order chi connectivity index (χ1) is 25.7. The summed E-state index contributed by atoms with van der Waals surface area (Å²) in [7, 11) is 1.83. The van der Waals surface area contributed by atoms with E-state index >= 15 is 0 Å². The summed E-state index contributed by atoms with van der Waals surface area (Å²) in [5.74, 6) is 0.984. The molecule has 0 saturated carbocycles. The number of aromatic amines is 1. The maximum atomic E-state index is 14.6. The van der Waals surface area contributed by atoms with Crippen molar-refractivity contribution in [1.29, 1.82) is 0 Å². The van der Waals surface area contributed by atoms with Crippen LogP contribution in [0.1, 0.15) is 65.8 Å². The third kappa shape index (κ3) is 10.4. The van der Waals surface area contributed by atoms with Gasteiger partial charge in [-0.05, 0) is 98.5 Å². The SMILES string of the molecule is CC(C)C[C@](C)(N)COc1ccc(-c2ccnc3c2cnn3C)cc1F.Cc1nc2nccc(-c3ccc(OCC(C)(N)CC(C)C)c(C(F)(F)F)c3)c2[nH]1. The van der Waals surface area contributed by atoms with Crippen LogP contribution < -0.4 is 20.9 Å². The fraction of sp³-hybridized carbons (Fsp3) is 0.415. The minimum atomic E-state index is -4.57. The molecule has 5 N–H and O–H groups in total. The van der Waals surface area contributed by atoms with E-state index in [4.69, 9.17) is 20.9 Å². The summed E-state index contributed by atoms with van der Waals surface area (Å²) in [6.07, 6.45) is 1.86. The molecule has 4 heterocycles. The standard InChI is InChI=1S/C21H25F3N4O.C20H25FN4O/c1-12(2)10-20(4,25)11-29-17-6-5-14(9-16(17)21(22,23)24)15-7-8-26-19-18(15)27-13(3)28-19;1-13(2)10-20(3,22)12-26-18-6-5-14(9-17(18)21)15-7-8-23-19-16(15)11-24-25(19)4/h5-9,12H,10-11,25H2,1-4H3,(H,26,27,28);5-9,11,13H,10,12,22H2,1-4H3/t;20-/m.0/s1. The van der Waals surface area contributed by atoms with Crippen LogP contribution >= 0.6 is 0 Å². The molecule has 294 valence electrons. The van der Waals surface area contributed by atoms with Crippen molar-refractivity contribution in [3.8, 4) is 33.8 Å². The Labute approximate surface area is 318 Å². The Morgan fingerprint density at radius 3 is 1.96 bits per heavy atom. The average Bonchev–Trinajstić information content (AvgIpc) is 3.67. The van der Waals surface area contributed by atoms with Crippen molar-refractivity contribution in [2.45, 2.75) is 78.6 Å². The van der Waals surface area contributed by atoms with E-state index in [0.717, 1.165) is 34.6 Å². The minimum Gasteiger partial charge on any atom is -0.491 e. The number of hydrogen-bond acceptors (Lipinski definition) is 8. The summed E-state index contributed by atoms with van der Waals surface area (Å²) in [5.41, 5.74) is 14.8. The van der Waals surface area contributed by atoms with E-state index in [-0.39, 0.29) is 24.7 Å². The normalized spacial score (nSPS) is 14.2. The summed E-state index contributed by atoms with van der Waals surface area (Å²) >= 11 is 0. The van der Waals surface area contributed by atoms with Crippen LogP contribution in [0.25, 0.3) is 44.5 Å². The van der Waals surface area contributed by atoms with Crippen molar-refractivity contribution < 1.29 is 27.0 Å². The Balaban J connectivity index is 0.000000212. The van der Waals surface area contributed by atoms with Gasteiger partial charge in [0.05, 0.1) is 17.3 Å². The molecule has 0 amide bonds. The minimum absolute atomic E-state index is 0.00709. The van der Waals surface area contributed by atoms with Gasteiger partial charge in [-0.1, -0.05) is 39.8 Å². The smallest absolute Gasteiger partial charge is 0.419 e. The number of ether oxygens (including phenoxy) is 2. The van der Waals surface area contributed by atoms with E-state index in [1.807, 2.05) is 40.0 Å². The maximum Gasteiger partial charge on any atom is 0.419 e. The number of alkyl halides is 3. The zero-order valence-electron chi connectivity index (χ0n) is 32.6. The molecule has 2 atom stereocenters. The summed E-state index contributed by atoms with van der Waals surface area (Å²) in [6.45, 7) is 14.0. The molecule has 0 radical (unpaired) electrons. The molecule has 10 nitrogen and oxygen atoms in total. The van der Waals surface area contributed by atoms with E-state index in [2.05, 4.69) is 38.9 Å². The van der Waals surface area contributed by atoms with Gasteiger partial charge in [-0.15, -0.1) is 0 Å². The van der Waals surface area contributed by atoms with Gasteiger partial charge in [0, 0.05) is 41.5 Å². The summed E-state index contributed by atoms with van der Waals surface area (Å²) in [5, 5.41) is 5.11. The van der Waals surface area contributed by atoms with Crippen molar-refractivity contribution in [2.75, 3.05) is 13.2 Å². The fourth-order valence-corrected chi connectivity index (χ4v) is 6.86. The van der Waals surface area contributed by atoms with Gasteiger partial charge in [-0.25, -0.2) is 19.3 Å². The Hall–Kier alpha value is -5.08. The Morgan fingerprint density at radius 2 is 1.36 bits per heavy atom. The van der Waals surface area contributed by atoms with Gasteiger partial charge in [0.1, 0.15) is 24.8 Å². The molecular formula is C41H50F4N8O2. The van der Waals surface area contributed by atoms with Crippen LogP contribution in [0.5, 0.6) is 11.5 Å². The molecule has 0 aliphatic heterocycles. The number of nitrogens with zero attached hydrogens (tertiary/aromatic N) is 5. The second-order valence-electron chi connectivity index (χ2n) is 15.7. The molecule has 0 spiro atoms. The lowest BCUT2D eigenvalue weighted by molar-refractivity contribution is -0.139. The average molecular weight is 763 g/mol. The van der Waals surface area contributed by atoms with Gasteiger partial charge in [-0.3, -0.25) is 4.68 Å². The van der Waals surface area contributed by atoms with E-state index in [9.17, 15) is 17.6 Å². The van der Waals surface area contributed by atoms with E-state index in [1.54, 1.807) is 49.1 Å². The summed E-state index contributed by atoms with van der Waals surface area (Å²) in [6, 6.07) is 12.5. The van der Waals surface area contributed by atoms with E-state index in [0.29, 0.717) is 46.4 Å². The molecule has 14 heteroatoms. The number of rotatable bonds is 12. The van der Waals surface area contributed by atoms with Gasteiger partial charge >= 0.3 is 6.18 Å². The largest absolute Gasteiger partial charge is 0.491 e. The second kappa shape index (κ2) is 16.3. The van der Waals surface area contributed by atoms with Gasteiger partial charge in [0.15, 0.2) is 22.9 Å². The molecule has 55 heavy (non-hydrogen) atoms. The zero-order valence-corrected chi connectivity index (χ0v) is 32.6. The molecule has 0 aliphatic carbocycles. The Bertz CT molecular complexity index is 2240. The molecule has 6 aromatic rings. The van der Waals surface area contributed by atoms with Gasteiger partial charge in [-0.2, -0.15) is 18.3 Å². The number of aryl methyl sites for hydroxylation is 2. The number of pyridine rings is 2. The predicted octanol–water partition coefficient (Wildman–Crippen LogP) is 9.01. The maximum absolute atomic E-state index is 14.6. The number of nitrogens with one attached hydrogen (secondary N) is 1. The number of H-pyrrole nitrogens is 1. The van der Waals surface area contributed by atoms with Crippen LogP contribution in [-0.4, -0.2) is 54.0 Å². The highest BCUT2D eigenvalue weighted by molar-refractivity contribution is 5.92. The molecule has 6 rings (SSSR count). The fourth-order valence-electron chi connectivity index (χ4n) is 6.86. The summed E-state index contributed by atoms with van der Waals surface area (Å²) in [4.78, 5) is 15.8. The number of imidazole rings is 1. The number of hydrogen-bond donors (Lipinski definition) is 3. The second-order valence-corrected chi connectivity index (χ2v) is 15.7. The summed E-state index contributed by atoms with van der Waals surface area (Å²) < 4.78 is 68.7. The van der Waals surface area contributed by atoms with Gasteiger partial charge in [0.2, 0.25) is 0 Å². The molecule has 0 fully saturated rings. The first-order valence-electron chi connectivity index (χ1n) is 18.2. The van der Waals surface area contributed by atoms with Crippen molar-refractivity contribution in [1.82, 2.24) is 29.7 Å². The molecule has 0 bridgehead atoms. The topological polar surface area (TPSA) is 143 Å². The van der Waals surface area contributed by atoms with Crippen LogP contribution in [0, 0.1) is 24.6 Å². The quantitative estimate of drug-likeness (QED) is 0.105. The zero-order chi connectivity index (χ0) is 40.3. The van der Waals surface area contributed by atoms with Crippen molar-refractivity contribution in [3.63, 3.8) is 0 Å². The number of aromatic nitrogens is 6. The van der Waals surface area contributed by atoms with E-state index in [1.165, 1.54) is 18.3 Å². The third-order valence-corrected chi connectivity index (χ3v) is 8.85. The first-order valence-corrected chi connectivity index (χ1v) is 18.2. The van der Waals surface area contributed by atoms with Crippen LogP contribution in [0.2, 0.25) is 0 Å². The first kappa shape index (κ1) is 41.1. The third-order valence-electron chi connectivity index (χ3n) is 8.85. The number of halogens is 4. The monoisotopic (exact) mass is 762 g/mol. The molecular weight excluding hydrogens is 712 g/mol. The van der Waals surface area contributed by atoms with Crippen LogP contribution in [0.4, 0.5) is 17.6 Å². The lowest BCUT2D eigenvalue weighted by Gasteiger charge is -2.27. The highest BCUT2D eigenvalue weighted by Gasteiger charge is 2.36. The number of nitrogens with two attached hydrogens (primary N) is 2.